The first-order chi connectivity index (χ1) is 17.5. The molecule has 0 saturated heterocycles. The van der Waals surface area contributed by atoms with Crippen LogP contribution in [0.15, 0.2) is 95.6 Å². The Morgan fingerprint density at radius 1 is 0.833 bits per heavy atom. The highest BCUT2D eigenvalue weighted by molar-refractivity contribution is 6.06. The second-order valence-electron chi connectivity index (χ2n) is 8.43. The molecule has 1 aliphatic heterocycles. The number of nitrogens with zero attached hydrogens (tertiary/aromatic N) is 1. The number of fused-ring (bicyclic) bond motifs is 1. The Bertz CT molecular complexity index is 1430. The first-order valence-corrected chi connectivity index (χ1v) is 11.4. The van der Waals surface area contributed by atoms with E-state index in [0.717, 1.165) is 11.1 Å². The lowest BCUT2D eigenvalue weighted by Crippen LogP contribution is -2.50. The van der Waals surface area contributed by atoms with E-state index in [-0.39, 0.29) is 29.7 Å². The quantitative estimate of drug-likeness (QED) is 0.423. The van der Waals surface area contributed by atoms with Gasteiger partial charge in [-0.1, -0.05) is 36.4 Å². The van der Waals surface area contributed by atoms with E-state index in [4.69, 9.17) is 4.42 Å². The molecular weight excluding hydrogens is 461 g/mol. The van der Waals surface area contributed by atoms with Crippen LogP contribution in [0.4, 0.5) is 15.8 Å². The molecule has 1 unspecified atom stereocenters. The lowest BCUT2D eigenvalue weighted by Gasteiger charge is -2.35. The van der Waals surface area contributed by atoms with Crippen LogP contribution in [0.2, 0.25) is 0 Å². The van der Waals surface area contributed by atoms with Crippen LogP contribution in [0.25, 0.3) is 0 Å². The van der Waals surface area contributed by atoms with Gasteiger partial charge in [-0.25, -0.2) is 4.39 Å². The first kappa shape index (κ1) is 23.0. The highest BCUT2D eigenvalue weighted by atomic mass is 19.1. The van der Waals surface area contributed by atoms with Gasteiger partial charge in [-0.05, 0) is 59.7 Å². The molecule has 2 heterocycles. The zero-order valence-electron chi connectivity index (χ0n) is 19.1. The molecule has 0 spiro atoms. The number of hydrogen-bond acceptors (Lipinski definition) is 4. The van der Waals surface area contributed by atoms with E-state index in [2.05, 4.69) is 10.6 Å². The Kier molecular flexibility index (Phi) is 6.32. The molecule has 3 aromatic carbocycles. The van der Waals surface area contributed by atoms with Crippen molar-refractivity contribution in [2.24, 2.45) is 0 Å². The van der Waals surface area contributed by atoms with Crippen LogP contribution in [0.3, 0.4) is 0 Å². The number of carbonyl (C=O) groups is 3. The van der Waals surface area contributed by atoms with Crippen molar-refractivity contribution in [3.05, 3.63) is 119 Å². The normalized spacial score (nSPS) is 14.6. The van der Waals surface area contributed by atoms with Gasteiger partial charge in [-0.2, -0.15) is 0 Å². The summed E-state index contributed by atoms with van der Waals surface area (Å²) in [6.45, 7) is 0.268. The predicted octanol–water partition coefficient (Wildman–Crippen LogP) is 4.88. The minimum absolute atomic E-state index is 0.156. The maximum absolute atomic E-state index is 13.4. The molecule has 180 valence electrons. The molecule has 8 heteroatoms. The monoisotopic (exact) mass is 483 g/mol. The number of rotatable bonds is 5. The fourth-order valence-corrected chi connectivity index (χ4v) is 4.25. The summed E-state index contributed by atoms with van der Waals surface area (Å²) in [6.07, 6.45) is 1.76. The second kappa shape index (κ2) is 9.87. The van der Waals surface area contributed by atoms with Gasteiger partial charge in [0.2, 0.25) is 5.91 Å². The summed E-state index contributed by atoms with van der Waals surface area (Å²) in [5, 5.41) is 5.47. The zero-order valence-corrected chi connectivity index (χ0v) is 19.1. The average Bonchev–Trinajstić information content (AvgIpc) is 3.43. The van der Waals surface area contributed by atoms with Crippen LogP contribution in [0.1, 0.15) is 32.0 Å². The molecule has 4 aromatic rings. The maximum Gasteiger partial charge on any atom is 0.290 e. The standard InChI is InChI=1S/C28H22FN3O4/c29-21-9-4-11-23(16-21)30-26(33)19-8-3-10-22(14-19)31-27(34)24-15-18-6-1-2-7-20(18)17-32(24)28(35)25-12-5-13-36-25/h1-14,16,24H,15,17H2,(H,30,33)(H,31,34). The maximum atomic E-state index is 13.4. The van der Waals surface area contributed by atoms with Crippen molar-refractivity contribution >= 4 is 29.1 Å². The Morgan fingerprint density at radius 2 is 1.58 bits per heavy atom. The summed E-state index contributed by atoms with van der Waals surface area (Å²) in [5.74, 6) is -1.51. The lowest BCUT2D eigenvalue weighted by molar-refractivity contribution is -0.121. The average molecular weight is 483 g/mol. The zero-order chi connectivity index (χ0) is 25.1. The molecule has 5 rings (SSSR count). The van der Waals surface area contributed by atoms with Crippen molar-refractivity contribution in [3.63, 3.8) is 0 Å². The molecule has 0 saturated carbocycles. The number of nitrogens with one attached hydrogen (secondary N) is 2. The van der Waals surface area contributed by atoms with E-state index in [0.29, 0.717) is 17.8 Å². The molecule has 7 nitrogen and oxygen atoms in total. The molecule has 0 radical (unpaired) electrons. The van der Waals surface area contributed by atoms with Gasteiger partial charge >= 0.3 is 0 Å². The summed E-state index contributed by atoms with van der Waals surface area (Å²) in [7, 11) is 0. The molecular formula is C28H22FN3O4. The SMILES string of the molecule is O=C(Nc1cccc(F)c1)c1cccc(NC(=O)C2Cc3ccccc3CN2C(=O)c2ccco2)c1. The summed E-state index contributed by atoms with van der Waals surface area (Å²) >= 11 is 0. The fourth-order valence-electron chi connectivity index (χ4n) is 4.25. The summed E-state index contributed by atoms with van der Waals surface area (Å²) in [6, 6.07) is 22.1. The van der Waals surface area contributed by atoms with Gasteiger partial charge < -0.3 is 20.0 Å². The van der Waals surface area contributed by atoms with Crippen molar-refractivity contribution in [2.45, 2.75) is 19.0 Å². The molecule has 2 N–H and O–H groups in total. The van der Waals surface area contributed by atoms with Crippen LogP contribution < -0.4 is 10.6 Å². The minimum Gasteiger partial charge on any atom is -0.459 e. The molecule has 0 fully saturated rings. The third kappa shape index (κ3) is 4.88. The molecule has 0 aliphatic carbocycles. The van der Waals surface area contributed by atoms with E-state index >= 15 is 0 Å². The van der Waals surface area contributed by atoms with Crippen LogP contribution in [-0.4, -0.2) is 28.7 Å². The molecule has 36 heavy (non-hydrogen) atoms. The van der Waals surface area contributed by atoms with Crippen LogP contribution >= 0.6 is 0 Å². The Morgan fingerprint density at radius 3 is 2.33 bits per heavy atom. The van der Waals surface area contributed by atoms with E-state index in [1.165, 1.54) is 35.4 Å². The third-order valence-electron chi connectivity index (χ3n) is 6.02. The number of amides is 3. The van der Waals surface area contributed by atoms with E-state index < -0.39 is 17.8 Å². The van der Waals surface area contributed by atoms with Crippen molar-refractivity contribution in [1.29, 1.82) is 0 Å². The number of anilines is 2. The second-order valence-corrected chi connectivity index (χ2v) is 8.43. The fraction of sp³-hybridized carbons (Fsp3) is 0.107. The molecule has 1 aromatic heterocycles. The van der Waals surface area contributed by atoms with Gasteiger partial charge in [0.25, 0.3) is 11.8 Å². The number of halogens is 1. The largest absolute Gasteiger partial charge is 0.459 e. The van der Waals surface area contributed by atoms with Crippen molar-refractivity contribution in [2.75, 3.05) is 10.6 Å². The van der Waals surface area contributed by atoms with Crippen LogP contribution in [0, 0.1) is 5.82 Å². The topological polar surface area (TPSA) is 91.7 Å². The Hall–Kier alpha value is -4.72. The number of carbonyl (C=O) groups excluding carboxylic acids is 3. The van der Waals surface area contributed by atoms with Gasteiger partial charge in [0.15, 0.2) is 5.76 Å². The summed E-state index contributed by atoms with van der Waals surface area (Å²) < 4.78 is 18.7. The Balaban J connectivity index is 1.35. The first-order valence-electron chi connectivity index (χ1n) is 11.4. The molecule has 3 amide bonds. The van der Waals surface area contributed by atoms with Gasteiger partial charge in [0.1, 0.15) is 11.9 Å². The van der Waals surface area contributed by atoms with E-state index in [1.807, 2.05) is 24.3 Å². The van der Waals surface area contributed by atoms with Crippen molar-refractivity contribution in [3.8, 4) is 0 Å². The van der Waals surface area contributed by atoms with Gasteiger partial charge in [-0.15, -0.1) is 0 Å². The number of benzene rings is 3. The van der Waals surface area contributed by atoms with E-state index in [9.17, 15) is 18.8 Å². The molecule has 0 bridgehead atoms. The van der Waals surface area contributed by atoms with Crippen molar-refractivity contribution < 1.29 is 23.2 Å². The predicted molar refractivity (Wildman–Crippen MR) is 132 cm³/mol. The highest BCUT2D eigenvalue weighted by Gasteiger charge is 2.36. The summed E-state index contributed by atoms with van der Waals surface area (Å²) in [5.41, 5.74) is 2.97. The van der Waals surface area contributed by atoms with E-state index in [1.54, 1.807) is 36.4 Å². The Labute approximate surface area is 206 Å². The van der Waals surface area contributed by atoms with Crippen LogP contribution in [-0.2, 0) is 17.8 Å². The van der Waals surface area contributed by atoms with Gasteiger partial charge in [0, 0.05) is 29.9 Å². The summed E-state index contributed by atoms with van der Waals surface area (Å²) in [4.78, 5) is 40.7. The highest BCUT2D eigenvalue weighted by Crippen LogP contribution is 2.26. The number of furan rings is 1. The molecule has 1 atom stereocenters. The van der Waals surface area contributed by atoms with Gasteiger partial charge in [-0.3, -0.25) is 14.4 Å². The lowest BCUT2D eigenvalue weighted by atomic mass is 9.93. The minimum atomic E-state index is -0.776. The smallest absolute Gasteiger partial charge is 0.290 e. The number of hydrogen-bond donors (Lipinski definition) is 2. The molecule has 1 aliphatic rings. The third-order valence-corrected chi connectivity index (χ3v) is 6.02. The van der Waals surface area contributed by atoms with Crippen molar-refractivity contribution in [1.82, 2.24) is 4.90 Å². The van der Waals surface area contributed by atoms with Gasteiger partial charge in [0.05, 0.1) is 6.26 Å². The van der Waals surface area contributed by atoms with Crippen LogP contribution in [0.5, 0.6) is 0 Å².